The second-order valence-corrected chi connectivity index (χ2v) is 8.97. The van der Waals surface area contributed by atoms with Gasteiger partial charge in [-0.15, -0.1) is 0 Å². The van der Waals surface area contributed by atoms with Gasteiger partial charge in [-0.2, -0.15) is 4.31 Å². The number of sulfonamides is 1. The van der Waals surface area contributed by atoms with Crippen molar-refractivity contribution in [1.29, 1.82) is 0 Å². The summed E-state index contributed by atoms with van der Waals surface area (Å²) < 4.78 is 27.4. The fourth-order valence-electron chi connectivity index (χ4n) is 3.59. The highest BCUT2D eigenvalue weighted by molar-refractivity contribution is 7.93. The Morgan fingerprint density at radius 3 is 2.42 bits per heavy atom. The predicted octanol–water partition coefficient (Wildman–Crippen LogP) is 1.42. The van der Waals surface area contributed by atoms with Crippen LogP contribution in [0.3, 0.4) is 0 Å². The molecule has 1 aliphatic heterocycles. The van der Waals surface area contributed by atoms with Crippen molar-refractivity contribution in [2.45, 2.75) is 52.4 Å². The van der Waals surface area contributed by atoms with Gasteiger partial charge in [0.15, 0.2) is 0 Å². The van der Waals surface area contributed by atoms with Gasteiger partial charge in [0.05, 0.1) is 10.3 Å². The molecule has 0 aromatic carbocycles. The molecule has 1 unspecified atom stereocenters. The summed E-state index contributed by atoms with van der Waals surface area (Å²) in [5, 5.41) is 2.86. The van der Waals surface area contributed by atoms with Crippen LogP contribution in [0, 0.1) is 5.41 Å². The van der Waals surface area contributed by atoms with E-state index in [1.54, 1.807) is 6.08 Å². The molecule has 1 atom stereocenters. The van der Waals surface area contributed by atoms with Crippen LogP contribution in [0.25, 0.3) is 0 Å². The molecule has 1 heterocycles. The van der Waals surface area contributed by atoms with E-state index in [2.05, 4.69) is 5.32 Å². The quantitative estimate of drug-likeness (QED) is 0.660. The highest BCUT2D eigenvalue weighted by Gasteiger charge is 2.42. The van der Waals surface area contributed by atoms with Crippen molar-refractivity contribution < 1.29 is 18.0 Å². The third-order valence-corrected chi connectivity index (χ3v) is 6.82. The summed E-state index contributed by atoms with van der Waals surface area (Å²) in [6.45, 7) is 5.30. The van der Waals surface area contributed by atoms with Crippen LogP contribution in [0.5, 0.6) is 0 Å². The van der Waals surface area contributed by atoms with Gasteiger partial charge in [-0.1, -0.05) is 20.3 Å². The number of nitrogens with one attached hydrogen (secondary N) is 1. The van der Waals surface area contributed by atoms with Crippen LogP contribution in [0.2, 0.25) is 0 Å². The first-order chi connectivity index (χ1) is 12.3. The van der Waals surface area contributed by atoms with Gasteiger partial charge in [0.1, 0.15) is 0 Å². The zero-order valence-electron chi connectivity index (χ0n) is 15.6. The summed E-state index contributed by atoms with van der Waals surface area (Å²) in [6.07, 6.45) is 6.55. The Balaban J connectivity index is 2.51. The maximum Gasteiger partial charge on any atom is 0.244 e. The molecule has 0 radical (unpaired) electrons. The highest BCUT2D eigenvalue weighted by atomic mass is 32.2. The topological polar surface area (TPSA) is 110 Å². The number of hydrogen-bond donors (Lipinski definition) is 2. The number of allylic oxidation sites excluding steroid dienone is 1. The molecule has 0 spiro atoms. The molecular weight excluding hydrogens is 354 g/mol. The van der Waals surface area contributed by atoms with Crippen LogP contribution in [0.4, 0.5) is 0 Å². The maximum absolute atomic E-state index is 13.0. The molecule has 0 saturated carbocycles. The van der Waals surface area contributed by atoms with Crippen molar-refractivity contribution in [3.63, 3.8) is 0 Å². The average Bonchev–Trinajstić information content (AvgIpc) is 3.15. The minimum Gasteiger partial charge on any atom is -0.366 e. The van der Waals surface area contributed by atoms with Crippen LogP contribution in [0.15, 0.2) is 22.6 Å². The van der Waals surface area contributed by atoms with E-state index in [0.717, 1.165) is 19.3 Å². The number of nitrogens with two attached hydrogens (primary N) is 1. The van der Waals surface area contributed by atoms with Crippen LogP contribution in [0.1, 0.15) is 52.4 Å². The highest BCUT2D eigenvalue weighted by Crippen LogP contribution is 2.41. The second kappa shape index (κ2) is 8.35. The summed E-state index contributed by atoms with van der Waals surface area (Å²) in [5.41, 5.74) is 4.59. The molecule has 2 aliphatic rings. The zero-order valence-corrected chi connectivity index (χ0v) is 16.4. The molecule has 146 valence electrons. The van der Waals surface area contributed by atoms with E-state index in [0.29, 0.717) is 32.5 Å². The summed E-state index contributed by atoms with van der Waals surface area (Å²) in [5.74, 6) is -0.932. The van der Waals surface area contributed by atoms with Crippen molar-refractivity contribution >= 4 is 21.8 Å². The summed E-state index contributed by atoms with van der Waals surface area (Å²) in [7, 11) is -3.74. The lowest BCUT2D eigenvalue weighted by Gasteiger charge is -2.34. The number of nitrogens with zero attached hydrogens (tertiary/aromatic N) is 1. The summed E-state index contributed by atoms with van der Waals surface area (Å²) in [6, 6.07) is 0. The van der Waals surface area contributed by atoms with Gasteiger partial charge < -0.3 is 11.1 Å². The number of amides is 2. The van der Waals surface area contributed by atoms with Gasteiger partial charge in [-0.3, -0.25) is 9.59 Å². The van der Waals surface area contributed by atoms with E-state index < -0.39 is 21.3 Å². The second-order valence-electron chi connectivity index (χ2n) is 7.03. The summed E-state index contributed by atoms with van der Waals surface area (Å²) in [4.78, 5) is 24.8. The summed E-state index contributed by atoms with van der Waals surface area (Å²) >= 11 is 0. The third-order valence-electron chi connectivity index (χ3n) is 4.94. The average molecular weight is 384 g/mol. The van der Waals surface area contributed by atoms with Gasteiger partial charge in [0, 0.05) is 25.2 Å². The van der Waals surface area contributed by atoms with Crippen molar-refractivity contribution in [3.05, 3.63) is 22.6 Å². The van der Waals surface area contributed by atoms with Crippen LogP contribution in [-0.2, 0) is 19.6 Å². The smallest absolute Gasteiger partial charge is 0.244 e. The van der Waals surface area contributed by atoms with Gasteiger partial charge in [-0.25, -0.2) is 8.42 Å². The maximum atomic E-state index is 13.0. The standard InChI is InChI=1S/C18H29N3O4S/c1-3-7-18(17(23)20-8-4-2)12-14(16(19)22)11-15(13-18)26(24,25)21-9-5-6-10-21/h11,13H,3-10,12H2,1-2H3,(H2,19,22)(H,20,23). The van der Waals surface area contributed by atoms with Crippen LogP contribution in [-0.4, -0.2) is 44.2 Å². The minimum absolute atomic E-state index is 0.0135. The number of carbonyl (C=O) groups is 2. The largest absolute Gasteiger partial charge is 0.366 e. The third kappa shape index (κ3) is 4.17. The Morgan fingerprint density at radius 2 is 1.88 bits per heavy atom. The lowest BCUT2D eigenvalue weighted by atomic mass is 9.74. The van der Waals surface area contributed by atoms with Crippen molar-refractivity contribution in [3.8, 4) is 0 Å². The Kier molecular flexibility index (Phi) is 6.63. The number of primary amides is 1. The van der Waals surface area contributed by atoms with Crippen molar-refractivity contribution in [2.75, 3.05) is 19.6 Å². The first-order valence-electron chi connectivity index (χ1n) is 9.28. The molecule has 1 saturated heterocycles. The Bertz CT molecular complexity index is 721. The monoisotopic (exact) mass is 383 g/mol. The molecule has 26 heavy (non-hydrogen) atoms. The predicted molar refractivity (Wildman–Crippen MR) is 100 cm³/mol. The van der Waals surface area contributed by atoms with E-state index in [4.69, 9.17) is 5.73 Å². The normalized spacial score (nSPS) is 24.1. The van der Waals surface area contributed by atoms with E-state index in [1.807, 2.05) is 13.8 Å². The van der Waals surface area contributed by atoms with E-state index in [9.17, 15) is 18.0 Å². The van der Waals surface area contributed by atoms with Crippen molar-refractivity contribution in [2.24, 2.45) is 11.1 Å². The SMILES string of the molecule is CCCNC(=O)C1(CCC)C=C(S(=O)(=O)N2CCCC2)C=C(C(N)=O)C1. The molecule has 2 rings (SSSR count). The van der Waals surface area contributed by atoms with Crippen molar-refractivity contribution in [1.82, 2.24) is 9.62 Å². The molecule has 7 nitrogen and oxygen atoms in total. The molecule has 8 heteroatoms. The molecule has 1 aliphatic carbocycles. The Hall–Kier alpha value is -1.67. The molecule has 2 amide bonds. The number of carbonyl (C=O) groups excluding carboxylic acids is 2. The van der Waals surface area contributed by atoms with Gasteiger partial charge >= 0.3 is 0 Å². The molecule has 0 aromatic rings. The molecular formula is C18H29N3O4S. The van der Waals surface area contributed by atoms with E-state index in [1.165, 1.54) is 10.4 Å². The fraction of sp³-hybridized carbons (Fsp3) is 0.667. The Morgan fingerprint density at radius 1 is 1.23 bits per heavy atom. The first-order valence-corrected chi connectivity index (χ1v) is 10.7. The molecule has 3 N–H and O–H groups in total. The number of hydrogen-bond acceptors (Lipinski definition) is 4. The van der Waals surface area contributed by atoms with E-state index >= 15 is 0 Å². The lowest BCUT2D eigenvalue weighted by molar-refractivity contribution is -0.129. The molecule has 0 aromatic heterocycles. The lowest BCUT2D eigenvalue weighted by Crippen LogP contribution is -2.43. The zero-order chi connectivity index (χ0) is 19.4. The molecule has 1 fully saturated rings. The first kappa shape index (κ1) is 20.6. The van der Waals surface area contributed by atoms with Gasteiger partial charge in [-0.05, 0) is 44.3 Å². The van der Waals surface area contributed by atoms with Gasteiger partial charge in [0.25, 0.3) is 0 Å². The van der Waals surface area contributed by atoms with Gasteiger partial charge in [0.2, 0.25) is 21.8 Å². The van der Waals surface area contributed by atoms with Crippen LogP contribution < -0.4 is 11.1 Å². The number of rotatable bonds is 8. The minimum atomic E-state index is -3.74. The fourth-order valence-corrected chi connectivity index (χ4v) is 5.30. The van der Waals surface area contributed by atoms with Crippen LogP contribution >= 0.6 is 0 Å². The van der Waals surface area contributed by atoms with E-state index in [-0.39, 0.29) is 22.8 Å². The Labute approximate surface area is 155 Å². The molecule has 0 bridgehead atoms.